The molecule has 1 saturated heterocycles. The Hall–Kier alpha value is -0.786. The summed E-state index contributed by atoms with van der Waals surface area (Å²) in [6.07, 6.45) is 19.3. The molecule has 1 aliphatic heterocycles. The van der Waals surface area contributed by atoms with Gasteiger partial charge in [-0.25, -0.2) is 0 Å². The molecule has 2 aromatic carbocycles. The van der Waals surface area contributed by atoms with Crippen LogP contribution < -0.4 is 24.8 Å². The average Bonchev–Trinajstić information content (AvgIpc) is 3.16. The van der Waals surface area contributed by atoms with Gasteiger partial charge in [0.1, 0.15) is 0 Å². The van der Waals surface area contributed by atoms with Gasteiger partial charge in [0.25, 0.3) is 0 Å². The third kappa shape index (κ3) is 4.35. The molecule has 3 aliphatic carbocycles. The first kappa shape index (κ1) is 27.3. The molecule has 186 valence electrons. The van der Waals surface area contributed by atoms with E-state index in [1.165, 1.54) is 64.2 Å². The molecule has 4 aliphatic rings. The van der Waals surface area contributed by atoms with Crippen LogP contribution in [0.5, 0.6) is 0 Å². The molecule has 6 rings (SSSR count). The molecule has 0 amide bonds. The summed E-state index contributed by atoms with van der Waals surface area (Å²) in [7, 11) is 0. The minimum absolute atomic E-state index is 0. The molecule has 2 fully saturated rings. The van der Waals surface area contributed by atoms with Gasteiger partial charge in [-0.2, -0.15) is 0 Å². The van der Waals surface area contributed by atoms with E-state index in [1.54, 1.807) is 22.3 Å². The minimum Gasteiger partial charge on any atom is -1.00 e. The summed E-state index contributed by atoms with van der Waals surface area (Å²) in [5.74, 6) is 0. The number of fused-ring (bicyclic) bond motifs is 3. The van der Waals surface area contributed by atoms with Crippen LogP contribution in [0.4, 0.5) is 0 Å². The zero-order chi connectivity index (χ0) is 22.4. The van der Waals surface area contributed by atoms with Crippen molar-refractivity contribution in [3.05, 3.63) is 81.9 Å². The maximum Gasteiger partial charge on any atom is -1.00 e. The quantitative estimate of drug-likeness (QED) is 0.443. The monoisotopic (exact) mass is 542 g/mol. The summed E-state index contributed by atoms with van der Waals surface area (Å²) in [6.45, 7) is 4.73. The number of hydrogen-bond donors (Lipinski definition) is 0. The summed E-state index contributed by atoms with van der Waals surface area (Å²) in [5, 5.41) is 0. The van der Waals surface area contributed by atoms with Crippen molar-refractivity contribution in [2.75, 3.05) is 0 Å². The van der Waals surface area contributed by atoms with E-state index in [-0.39, 0.29) is 24.8 Å². The van der Waals surface area contributed by atoms with Crippen LogP contribution in [0.1, 0.15) is 109 Å². The molecule has 2 aromatic rings. The molecule has 0 radical (unpaired) electrons. The van der Waals surface area contributed by atoms with Crippen LogP contribution in [0, 0.1) is 0 Å². The number of unbranched alkanes of at least 4 members (excludes halogenated alkanes) is 2. The van der Waals surface area contributed by atoms with Gasteiger partial charge in [0.2, 0.25) is 0 Å². The third-order valence-corrected chi connectivity index (χ3v) is 20.4. The Morgan fingerprint density at radius 1 is 0.657 bits per heavy atom. The molecule has 1 saturated carbocycles. The molecule has 4 unspecified atom stereocenters. The van der Waals surface area contributed by atoms with Gasteiger partial charge in [-0.05, 0) is 0 Å². The van der Waals surface area contributed by atoms with E-state index < -0.39 is 16.6 Å². The van der Waals surface area contributed by atoms with Gasteiger partial charge in [-0.1, -0.05) is 0 Å². The number of rotatable bonds is 8. The third-order valence-electron chi connectivity index (χ3n) is 9.62. The van der Waals surface area contributed by atoms with Crippen molar-refractivity contribution in [1.82, 2.24) is 0 Å². The second-order valence-electron chi connectivity index (χ2n) is 11.3. The Bertz CT molecular complexity index is 1010. The number of benzene rings is 2. The van der Waals surface area contributed by atoms with Crippen LogP contribution in [0.15, 0.2) is 59.7 Å². The summed E-state index contributed by atoms with van der Waals surface area (Å²) in [5.41, 5.74) is 10.3. The minimum atomic E-state index is -2.37. The second kappa shape index (κ2) is 11.3. The zero-order valence-corrected chi connectivity index (χ0v) is 24.5. The van der Waals surface area contributed by atoms with Gasteiger partial charge in [0.15, 0.2) is 0 Å². The normalized spacial score (nSPS) is 27.8. The van der Waals surface area contributed by atoms with Gasteiger partial charge >= 0.3 is 206 Å². The van der Waals surface area contributed by atoms with Crippen LogP contribution in [-0.4, -0.2) is 0 Å². The predicted molar refractivity (Wildman–Crippen MR) is 139 cm³/mol. The van der Waals surface area contributed by atoms with Crippen LogP contribution >= 0.6 is 0 Å². The maximum absolute atomic E-state index is 2.66. The van der Waals surface area contributed by atoms with Crippen LogP contribution in [0.25, 0.3) is 12.2 Å². The van der Waals surface area contributed by atoms with Crippen molar-refractivity contribution >= 4 is 12.2 Å². The first-order valence-electron chi connectivity index (χ1n) is 13.9. The molecule has 4 atom stereocenters. The largest absolute Gasteiger partial charge is 1.00 e. The van der Waals surface area contributed by atoms with Crippen molar-refractivity contribution < 1.29 is 41.4 Å². The fourth-order valence-corrected chi connectivity index (χ4v) is 22.6. The van der Waals surface area contributed by atoms with E-state index in [0.29, 0.717) is 0 Å². The van der Waals surface area contributed by atoms with Crippen LogP contribution in [-0.2, 0) is 16.6 Å². The molecule has 0 N–H and O–H groups in total. The molecule has 3 heteroatoms. The SMILES string of the molecule is CCCCC1=Cc2ccccc2[CH]1[Ti+2]1([CH]2C(CCCC)=Cc3ccccc32)[CH]2CCCC[CH]21.[Cl-].[Cl-]. The van der Waals surface area contributed by atoms with Crippen molar-refractivity contribution in [1.29, 1.82) is 0 Å². The van der Waals surface area contributed by atoms with Crippen molar-refractivity contribution in [2.24, 2.45) is 0 Å². The maximum atomic E-state index is 2.66. The zero-order valence-electron chi connectivity index (χ0n) is 21.4. The van der Waals surface area contributed by atoms with E-state index in [0.717, 1.165) is 16.9 Å². The van der Waals surface area contributed by atoms with Crippen molar-refractivity contribution in [2.45, 2.75) is 94.9 Å². The first-order chi connectivity index (χ1) is 16.3. The molecule has 0 spiro atoms. The molecule has 0 nitrogen and oxygen atoms in total. The number of allylic oxidation sites excluding steroid dienone is 2. The molecule has 35 heavy (non-hydrogen) atoms. The second-order valence-corrected chi connectivity index (χ2v) is 18.5. The van der Waals surface area contributed by atoms with Gasteiger partial charge in [0, 0.05) is 0 Å². The molecule has 0 aromatic heterocycles. The Morgan fingerprint density at radius 2 is 1.09 bits per heavy atom. The van der Waals surface area contributed by atoms with E-state index in [2.05, 4.69) is 74.5 Å². The Balaban J connectivity index is 0.00000144. The number of halogens is 2. The summed E-state index contributed by atoms with van der Waals surface area (Å²) >= 11 is -2.37. The average molecular weight is 543 g/mol. The fourth-order valence-electron chi connectivity index (χ4n) is 8.39. The van der Waals surface area contributed by atoms with Gasteiger partial charge < -0.3 is 24.8 Å². The summed E-state index contributed by atoms with van der Waals surface area (Å²) < 4.78 is 3.78. The Morgan fingerprint density at radius 3 is 1.51 bits per heavy atom. The summed E-state index contributed by atoms with van der Waals surface area (Å²) in [6, 6.07) is 19.1. The Kier molecular flexibility index (Phi) is 8.80. The van der Waals surface area contributed by atoms with Crippen molar-refractivity contribution in [3.63, 3.8) is 0 Å². The van der Waals surface area contributed by atoms with Crippen LogP contribution in [0.2, 0.25) is 8.45 Å². The van der Waals surface area contributed by atoms with Gasteiger partial charge in [-0.3, -0.25) is 0 Å². The molecular formula is C32H40Cl2Ti. The Labute approximate surface area is 229 Å². The van der Waals surface area contributed by atoms with E-state index in [9.17, 15) is 0 Å². The van der Waals surface area contributed by atoms with Gasteiger partial charge in [0.05, 0.1) is 0 Å². The predicted octanol–water partition coefficient (Wildman–Crippen LogP) is 3.97. The molecule has 0 bridgehead atoms. The molecular weight excluding hydrogens is 503 g/mol. The van der Waals surface area contributed by atoms with E-state index >= 15 is 0 Å². The topological polar surface area (TPSA) is 0 Å². The van der Waals surface area contributed by atoms with Gasteiger partial charge in [-0.15, -0.1) is 0 Å². The smallest absolute Gasteiger partial charge is 1.00 e. The van der Waals surface area contributed by atoms with Crippen LogP contribution in [0.3, 0.4) is 0 Å². The van der Waals surface area contributed by atoms with E-state index in [1.807, 2.05) is 11.1 Å². The summed E-state index contributed by atoms with van der Waals surface area (Å²) in [4.78, 5) is 0. The standard InChI is InChI=1S/2C13H15.C6H10.2ClH.Ti/c2*1-2-3-6-11-9-12-7-4-5-8-13(12)10-11;1-2-4-6-5-3-1;;;/h2*4-5,7-10H,2-3,6H2,1H3;1-2H,3-6H2;2*1H;/q;;;;;+2/p-2. The fraction of sp³-hybridized carbons (Fsp3) is 0.500. The van der Waals surface area contributed by atoms with Crippen molar-refractivity contribution in [3.8, 4) is 0 Å². The van der Waals surface area contributed by atoms with E-state index in [4.69, 9.17) is 0 Å². The molecule has 1 heterocycles. The number of hydrogen-bond acceptors (Lipinski definition) is 0. The first-order valence-corrected chi connectivity index (χ1v) is 17.5.